The lowest BCUT2D eigenvalue weighted by atomic mass is 10.2. The second kappa shape index (κ2) is 14.6. The summed E-state index contributed by atoms with van der Waals surface area (Å²) in [4.78, 5) is 35.8. The Bertz CT molecular complexity index is 1250. The number of sulfonamides is 1. The number of rotatable bonds is 11. The van der Waals surface area contributed by atoms with E-state index < -0.39 is 20.8 Å². The minimum absolute atomic E-state index is 0.108. The molecule has 1 saturated carbocycles. The number of nitrogens with one attached hydrogen (secondary N) is 2. The number of hydrogen-bond donors (Lipinski definition) is 2. The molecule has 2 aromatic rings. The first kappa shape index (κ1) is 30.9. The maximum absolute atomic E-state index is 12.4. The summed E-state index contributed by atoms with van der Waals surface area (Å²) in [6.45, 7) is 7.88. The lowest BCUT2D eigenvalue weighted by molar-refractivity contribution is -0.128. The van der Waals surface area contributed by atoms with Gasteiger partial charge in [0, 0.05) is 24.7 Å². The Kier molecular flexibility index (Phi) is 11.8. The van der Waals surface area contributed by atoms with Crippen LogP contribution in [-0.2, 0) is 14.8 Å². The van der Waals surface area contributed by atoms with Crippen LogP contribution in [0.3, 0.4) is 0 Å². The second-order valence-electron chi connectivity index (χ2n) is 8.03. The van der Waals surface area contributed by atoms with Crippen molar-refractivity contribution in [1.29, 1.82) is 0 Å². The number of ether oxygens (including phenoxy) is 1. The van der Waals surface area contributed by atoms with Gasteiger partial charge in [-0.15, -0.1) is 13.2 Å². The summed E-state index contributed by atoms with van der Waals surface area (Å²) in [6.07, 6.45) is 5.15. The van der Waals surface area contributed by atoms with E-state index in [1.54, 1.807) is 30.4 Å². The fourth-order valence-corrected chi connectivity index (χ4v) is 4.30. The van der Waals surface area contributed by atoms with Crippen molar-refractivity contribution < 1.29 is 27.5 Å². The normalized spacial score (nSPS) is 12.4. The highest BCUT2D eigenvalue weighted by molar-refractivity contribution is 7.90. The van der Waals surface area contributed by atoms with Crippen LogP contribution < -0.4 is 14.8 Å². The van der Waals surface area contributed by atoms with Crippen LogP contribution in [0.2, 0.25) is 0 Å². The molecule has 3 amide bonds. The molecule has 38 heavy (non-hydrogen) atoms. The quantitative estimate of drug-likeness (QED) is 0.308. The molecule has 2 aromatic carbocycles. The predicted molar refractivity (Wildman–Crippen MR) is 147 cm³/mol. The number of carbonyl (C=O) groups excluding carboxylic acids is 3. The van der Waals surface area contributed by atoms with Crippen molar-refractivity contribution in [3.8, 4) is 5.75 Å². The molecule has 0 bridgehead atoms. The van der Waals surface area contributed by atoms with Crippen LogP contribution in [-0.4, -0.2) is 62.1 Å². The number of methoxy groups -OCH3 is 1. The minimum atomic E-state index is -4.07. The van der Waals surface area contributed by atoms with Gasteiger partial charge in [0.25, 0.3) is 27.7 Å². The lowest BCUT2D eigenvalue weighted by Gasteiger charge is -2.19. The monoisotopic (exact) mass is 581 g/mol. The largest absolute Gasteiger partial charge is 0.496 e. The molecule has 1 aliphatic carbocycles. The lowest BCUT2D eigenvalue weighted by Crippen LogP contribution is -2.35. The Hall–Kier alpha value is -3.34. The third-order valence-electron chi connectivity index (χ3n) is 5.12. The Morgan fingerprint density at radius 3 is 2.11 bits per heavy atom. The summed E-state index contributed by atoms with van der Waals surface area (Å²) >= 11 is 10.8. The first-order chi connectivity index (χ1) is 18.0. The molecule has 0 aromatic heterocycles. The molecule has 1 aliphatic rings. The second-order valence-corrected chi connectivity index (χ2v) is 10.8. The van der Waals surface area contributed by atoms with Crippen LogP contribution in [0.5, 0.6) is 5.75 Å². The van der Waals surface area contributed by atoms with Crippen LogP contribution in [0.25, 0.3) is 0 Å². The van der Waals surface area contributed by atoms with Gasteiger partial charge < -0.3 is 15.0 Å². The Morgan fingerprint density at radius 2 is 1.61 bits per heavy atom. The molecule has 9 nitrogen and oxygen atoms in total. The molecule has 0 aliphatic heterocycles. The summed E-state index contributed by atoms with van der Waals surface area (Å²) < 4.78 is 31.9. The van der Waals surface area contributed by atoms with Crippen LogP contribution in [0.1, 0.15) is 33.6 Å². The number of halogens is 2. The number of para-hydroxylation sites is 1. The van der Waals surface area contributed by atoms with Gasteiger partial charge in [0.05, 0.1) is 17.6 Å². The minimum Gasteiger partial charge on any atom is -0.496 e. The van der Waals surface area contributed by atoms with E-state index >= 15 is 0 Å². The van der Waals surface area contributed by atoms with Gasteiger partial charge in [-0.3, -0.25) is 14.4 Å². The van der Waals surface area contributed by atoms with Gasteiger partial charge in [-0.2, -0.15) is 0 Å². The van der Waals surface area contributed by atoms with Gasteiger partial charge in [-0.1, -0.05) is 47.5 Å². The number of nitrogens with zero attached hydrogens (tertiary/aromatic N) is 1. The van der Waals surface area contributed by atoms with Crippen LogP contribution >= 0.6 is 23.2 Å². The molecule has 0 radical (unpaired) electrons. The Balaban J connectivity index is 0.000000358. The molecule has 3 rings (SSSR count). The zero-order valence-corrected chi connectivity index (χ0v) is 23.1. The highest BCUT2D eigenvalue weighted by Crippen LogP contribution is 2.20. The van der Waals surface area contributed by atoms with Gasteiger partial charge in [0.2, 0.25) is 0 Å². The third-order valence-corrected chi connectivity index (χ3v) is 6.84. The summed E-state index contributed by atoms with van der Waals surface area (Å²) in [5.74, 6) is -1.09. The van der Waals surface area contributed by atoms with Crippen molar-refractivity contribution in [3.05, 3.63) is 85.0 Å². The molecule has 0 heterocycles. The van der Waals surface area contributed by atoms with Crippen molar-refractivity contribution in [2.75, 3.05) is 20.2 Å². The zero-order valence-electron chi connectivity index (χ0n) is 20.7. The van der Waals surface area contributed by atoms with E-state index in [1.807, 2.05) is 4.72 Å². The summed E-state index contributed by atoms with van der Waals surface area (Å²) in [5.41, 5.74) is 0.478. The molecular weight excluding hydrogens is 553 g/mol. The van der Waals surface area contributed by atoms with Crippen LogP contribution in [0.4, 0.5) is 0 Å². The van der Waals surface area contributed by atoms with Gasteiger partial charge in [-0.25, -0.2) is 13.1 Å². The van der Waals surface area contributed by atoms with Crippen molar-refractivity contribution in [2.24, 2.45) is 0 Å². The summed E-state index contributed by atoms with van der Waals surface area (Å²) in [5, 5.41) is 2.82. The average molecular weight is 583 g/mol. The van der Waals surface area contributed by atoms with Gasteiger partial charge in [-0.05, 0) is 49.2 Å². The molecule has 0 spiro atoms. The number of carbonyl (C=O) groups is 3. The molecule has 2 N–H and O–H groups in total. The first-order valence-corrected chi connectivity index (χ1v) is 13.8. The Labute approximate surface area is 232 Å². The zero-order chi connectivity index (χ0) is 28.3. The van der Waals surface area contributed by atoms with E-state index in [9.17, 15) is 22.8 Å². The molecule has 204 valence electrons. The number of amides is 3. The number of benzene rings is 2. The molecular formula is C26H29Cl2N3O6S. The average Bonchev–Trinajstić information content (AvgIpc) is 3.72. The Morgan fingerprint density at radius 1 is 1.03 bits per heavy atom. The predicted octanol–water partition coefficient (Wildman–Crippen LogP) is 3.70. The first-order valence-electron chi connectivity index (χ1n) is 11.4. The van der Waals surface area contributed by atoms with E-state index in [0.29, 0.717) is 18.7 Å². The topological polar surface area (TPSA) is 122 Å². The molecule has 0 saturated heterocycles. The summed E-state index contributed by atoms with van der Waals surface area (Å²) in [6, 6.07) is 11.9. The van der Waals surface area contributed by atoms with E-state index in [4.69, 9.17) is 27.9 Å². The highest BCUT2D eigenvalue weighted by atomic mass is 35.5. The standard InChI is InChI=1S/C18H18N2O5S.C8H11Cl2NO/c1-25-16-5-3-2-4-15(16)18(22)20-26(23,24)14-10-6-12(7-11-14)17(21)19-13-8-9-13;1-3-5-11(6-4-2)8(12)7(9)10/h2-7,10-11,13H,8-9H2,1H3,(H,19,21)(H,20,22);3-4,7H,1-2,5-6H2. The fourth-order valence-electron chi connectivity index (χ4n) is 3.05. The molecule has 1 fully saturated rings. The molecule has 0 unspecified atom stereocenters. The SMILES string of the molecule is C=CCN(CC=C)C(=O)C(Cl)Cl.COc1ccccc1C(=O)NS(=O)(=O)c1ccc(C(=O)NC2CC2)cc1. The van der Waals surface area contributed by atoms with Crippen molar-refractivity contribution in [3.63, 3.8) is 0 Å². The smallest absolute Gasteiger partial charge is 0.268 e. The number of hydrogen-bond acceptors (Lipinski definition) is 6. The number of alkyl halides is 2. The fraction of sp³-hybridized carbons (Fsp3) is 0.269. The maximum Gasteiger partial charge on any atom is 0.268 e. The maximum atomic E-state index is 12.4. The van der Waals surface area contributed by atoms with Crippen molar-refractivity contribution in [1.82, 2.24) is 14.9 Å². The van der Waals surface area contributed by atoms with E-state index in [1.165, 1.54) is 42.3 Å². The van der Waals surface area contributed by atoms with Crippen LogP contribution in [0.15, 0.2) is 78.7 Å². The van der Waals surface area contributed by atoms with Gasteiger partial charge in [0.1, 0.15) is 5.75 Å². The van der Waals surface area contributed by atoms with Crippen LogP contribution in [0, 0.1) is 0 Å². The van der Waals surface area contributed by atoms with E-state index in [-0.39, 0.29) is 34.1 Å². The third kappa shape index (κ3) is 9.20. The van der Waals surface area contributed by atoms with E-state index in [0.717, 1.165) is 12.8 Å². The van der Waals surface area contributed by atoms with Crippen molar-refractivity contribution >= 4 is 50.9 Å². The van der Waals surface area contributed by atoms with Gasteiger partial charge in [0.15, 0.2) is 4.84 Å². The van der Waals surface area contributed by atoms with E-state index in [2.05, 4.69) is 18.5 Å². The summed E-state index contributed by atoms with van der Waals surface area (Å²) in [7, 11) is -2.68. The molecule has 0 atom stereocenters. The van der Waals surface area contributed by atoms with Gasteiger partial charge >= 0.3 is 0 Å². The molecule has 12 heteroatoms. The van der Waals surface area contributed by atoms with Crippen molar-refractivity contribution in [2.45, 2.75) is 28.6 Å². The highest BCUT2D eigenvalue weighted by Gasteiger charge is 2.25.